The van der Waals surface area contributed by atoms with Crippen molar-refractivity contribution in [1.29, 1.82) is 0 Å². The molecule has 4 aromatic rings. The fourth-order valence-corrected chi connectivity index (χ4v) is 8.48. The van der Waals surface area contributed by atoms with Crippen LogP contribution < -0.4 is 15.5 Å². The quantitative estimate of drug-likeness (QED) is 0.0397. The lowest BCUT2D eigenvalue weighted by molar-refractivity contribution is -0.131. The summed E-state index contributed by atoms with van der Waals surface area (Å²) in [6, 6.07) is 25.4. The molecule has 3 aromatic carbocycles. The number of nitrogens with zero attached hydrogens (tertiary/aromatic N) is 3. The Labute approximate surface area is 502 Å². The van der Waals surface area contributed by atoms with Gasteiger partial charge in [0.1, 0.15) is 0 Å². The van der Waals surface area contributed by atoms with Crippen LogP contribution in [0.5, 0.6) is 0 Å². The van der Waals surface area contributed by atoms with Crippen LogP contribution in [0.15, 0.2) is 85.1 Å². The Morgan fingerprint density at radius 1 is 0.583 bits per heavy atom. The minimum absolute atomic E-state index is 0.00996. The van der Waals surface area contributed by atoms with E-state index in [1.807, 2.05) is 69.3 Å². The molecule has 0 saturated carbocycles. The van der Waals surface area contributed by atoms with Crippen molar-refractivity contribution in [1.82, 2.24) is 15.2 Å². The Balaban J connectivity index is 0.000000362. The molecule has 1 aliphatic carbocycles. The number of anilines is 2. The summed E-state index contributed by atoms with van der Waals surface area (Å²) < 4.78 is 58.0. The van der Waals surface area contributed by atoms with Crippen LogP contribution in [0.25, 0.3) is 11.3 Å². The molecule has 470 valence electrons. The van der Waals surface area contributed by atoms with Crippen LogP contribution in [0.2, 0.25) is 0 Å². The highest BCUT2D eigenvalue weighted by Crippen LogP contribution is 2.33. The van der Waals surface area contributed by atoms with E-state index in [1.54, 1.807) is 37.4 Å². The van der Waals surface area contributed by atoms with Crippen molar-refractivity contribution in [3.8, 4) is 11.3 Å². The maximum atomic E-state index is 13.4. The first-order valence-corrected chi connectivity index (χ1v) is 30.2. The molecule has 0 unspecified atom stereocenters. The van der Waals surface area contributed by atoms with Crippen molar-refractivity contribution in [3.63, 3.8) is 0 Å². The molecule has 0 fully saturated rings. The molecule has 0 spiro atoms. The van der Waals surface area contributed by atoms with Gasteiger partial charge in [0, 0.05) is 82.2 Å². The molecule has 5 rings (SSSR count). The summed E-state index contributed by atoms with van der Waals surface area (Å²) in [4.78, 5) is 46.9. The average molecular weight is 1180 g/mol. The van der Waals surface area contributed by atoms with Gasteiger partial charge in [-0.3, -0.25) is 19.4 Å². The molecule has 0 bridgehead atoms. The van der Waals surface area contributed by atoms with E-state index in [1.165, 1.54) is 11.1 Å². The van der Waals surface area contributed by atoms with Crippen molar-refractivity contribution in [2.24, 2.45) is 0 Å². The number of ether oxygens (including phenoxy) is 11. The highest BCUT2D eigenvalue weighted by molar-refractivity contribution is 6.06. The number of pyridine rings is 1. The predicted molar refractivity (Wildman–Crippen MR) is 331 cm³/mol. The number of unbranched alkanes of at least 4 members (excludes halogenated alkanes) is 1. The molecule has 1 atom stereocenters. The normalized spacial score (nSPS) is 12.5. The topological polar surface area (TPSA) is 196 Å². The number of carbonyl (C=O) groups is 3. The number of benzene rings is 3. The number of hydrogen-bond donors (Lipinski definition) is 2. The number of hydrogen-bond acceptors (Lipinski definition) is 16. The van der Waals surface area contributed by atoms with Gasteiger partial charge < -0.3 is 72.5 Å². The monoisotopic (exact) mass is 1180 g/mol. The number of nitrogens with one attached hydrogen (secondary N) is 2. The SMILES string of the molecule is CCCCOCCOCCOCCOCCC(=O)N(C)CCOCC.CCN(CC)c1ccc(NC(=O)c2cccc(C)c2)c(-c2cc(C(=O)N[C@H]3CCCc4ccccc43)ccn2)c1.CCOCCOCCOCCOCCOCCOC. The number of fused-ring (bicyclic) bond motifs is 1. The Morgan fingerprint density at radius 2 is 1.14 bits per heavy atom. The Hall–Kier alpha value is -5.42. The molecule has 84 heavy (non-hydrogen) atoms. The molecule has 0 aliphatic heterocycles. The fraction of sp³-hybridized carbons (Fsp3) is 0.600. The second-order valence-electron chi connectivity index (χ2n) is 19.5. The van der Waals surface area contributed by atoms with Crippen LogP contribution in [-0.4, -0.2) is 200 Å². The third kappa shape index (κ3) is 31.6. The van der Waals surface area contributed by atoms with E-state index in [0.717, 1.165) is 75.2 Å². The molecule has 1 heterocycles. The van der Waals surface area contributed by atoms with Gasteiger partial charge in [-0.25, -0.2) is 0 Å². The molecule has 0 radical (unpaired) electrons. The standard InChI is InChI=1S/C34H36N4O2.C18H37NO6.C13H28O6/c1-4-38(5-2)27-16-17-31(37-33(39)25-13-8-10-23(3)20-25)29(22-27)32-21-26(18-19-35-32)34(40)36-30-15-9-12-24-11-6-7-14-28(24)30;1-4-6-9-22-12-14-24-16-17-25-15-13-23-10-7-18(20)19(3)8-11-21-5-2;1-3-15-6-7-17-10-11-19-13-12-18-9-8-16-5-4-14-2/h6-8,10-11,13-14,16-22,30H,4-5,9,12,15H2,1-3H3,(H,36,40)(H,37,39);4-17H2,1-3H3;3-13H2,1-2H3/t30-;;/m0../s1. The van der Waals surface area contributed by atoms with Gasteiger partial charge in [-0.2, -0.15) is 0 Å². The van der Waals surface area contributed by atoms with Crippen molar-refractivity contribution >= 4 is 29.1 Å². The summed E-state index contributed by atoms with van der Waals surface area (Å²) >= 11 is 0. The number of aromatic nitrogens is 1. The van der Waals surface area contributed by atoms with Crippen molar-refractivity contribution in [2.75, 3.05) is 183 Å². The van der Waals surface area contributed by atoms with E-state index in [0.29, 0.717) is 161 Å². The summed E-state index contributed by atoms with van der Waals surface area (Å²) in [6.45, 7) is 27.0. The zero-order valence-corrected chi connectivity index (χ0v) is 51.9. The van der Waals surface area contributed by atoms with Crippen molar-refractivity contribution in [2.45, 2.75) is 86.1 Å². The lowest BCUT2D eigenvalue weighted by Crippen LogP contribution is -2.31. The molecule has 2 N–H and O–H groups in total. The van der Waals surface area contributed by atoms with Gasteiger partial charge in [0.25, 0.3) is 11.8 Å². The van der Waals surface area contributed by atoms with Crippen LogP contribution in [0.3, 0.4) is 0 Å². The molecule has 19 heteroatoms. The highest BCUT2D eigenvalue weighted by Gasteiger charge is 2.23. The summed E-state index contributed by atoms with van der Waals surface area (Å²) in [5.41, 5.74) is 7.72. The van der Waals surface area contributed by atoms with Gasteiger partial charge in [-0.15, -0.1) is 0 Å². The maximum absolute atomic E-state index is 13.4. The minimum Gasteiger partial charge on any atom is -0.382 e. The van der Waals surface area contributed by atoms with E-state index < -0.39 is 0 Å². The number of amides is 3. The minimum atomic E-state index is -0.189. The largest absolute Gasteiger partial charge is 0.382 e. The van der Waals surface area contributed by atoms with Crippen molar-refractivity contribution < 1.29 is 66.5 Å². The lowest BCUT2D eigenvalue weighted by Gasteiger charge is -2.26. The highest BCUT2D eigenvalue weighted by atomic mass is 16.6. The first-order chi connectivity index (χ1) is 41.1. The molecule has 1 aromatic heterocycles. The first kappa shape index (κ1) is 72.8. The molecular weight excluding hydrogens is 1070 g/mol. The molecule has 3 amide bonds. The van der Waals surface area contributed by atoms with Crippen LogP contribution in [0.1, 0.15) is 110 Å². The van der Waals surface area contributed by atoms with Crippen molar-refractivity contribution in [3.05, 3.63) is 113 Å². The zero-order valence-electron chi connectivity index (χ0n) is 51.9. The first-order valence-electron chi connectivity index (χ1n) is 30.2. The number of methoxy groups -OCH3 is 1. The molecule has 1 aliphatic rings. The van der Waals surface area contributed by atoms with Crippen LogP contribution >= 0.6 is 0 Å². The summed E-state index contributed by atoms with van der Waals surface area (Å²) in [5.74, 6) is -0.254. The fourth-order valence-electron chi connectivity index (χ4n) is 8.48. The number of rotatable bonds is 43. The molecular formula is C65H101N5O14. The van der Waals surface area contributed by atoms with Crippen LogP contribution in [0.4, 0.5) is 11.4 Å². The van der Waals surface area contributed by atoms with E-state index >= 15 is 0 Å². The van der Waals surface area contributed by atoms with E-state index in [9.17, 15) is 14.4 Å². The third-order valence-corrected chi connectivity index (χ3v) is 13.2. The summed E-state index contributed by atoms with van der Waals surface area (Å²) in [7, 11) is 3.43. The van der Waals surface area contributed by atoms with Gasteiger partial charge in [-0.05, 0) is 114 Å². The smallest absolute Gasteiger partial charge is 0.255 e. The second-order valence-corrected chi connectivity index (χ2v) is 19.5. The summed E-state index contributed by atoms with van der Waals surface area (Å²) in [6.07, 6.45) is 7.29. The van der Waals surface area contributed by atoms with Gasteiger partial charge in [-0.1, -0.05) is 55.3 Å². The van der Waals surface area contributed by atoms with E-state index in [2.05, 4.69) is 59.5 Å². The summed E-state index contributed by atoms with van der Waals surface area (Å²) in [5, 5.41) is 6.33. The molecule has 19 nitrogen and oxygen atoms in total. The number of likely N-dealkylation sites (N-methyl/N-ethyl adjacent to an activating group) is 1. The van der Waals surface area contributed by atoms with E-state index in [-0.39, 0.29) is 23.8 Å². The number of aryl methyl sites for hydroxylation is 2. The van der Waals surface area contributed by atoms with Gasteiger partial charge in [0.05, 0.1) is 143 Å². The van der Waals surface area contributed by atoms with Crippen LogP contribution in [-0.2, 0) is 63.3 Å². The Bertz CT molecular complexity index is 2330. The van der Waals surface area contributed by atoms with Gasteiger partial charge in [0.15, 0.2) is 0 Å². The van der Waals surface area contributed by atoms with Gasteiger partial charge >= 0.3 is 0 Å². The lowest BCUT2D eigenvalue weighted by atomic mass is 9.87. The van der Waals surface area contributed by atoms with E-state index in [4.69, 9.17) is 52.1 Å². The van der Waals surface area contributed by atoms with Gasteiger partial charge in [0.2, 0.25) is 5.91 Å². The number of carbonyl (C=O) groups excluding carboxylic acids is 3. The zero-order chi connectivity index (χ0) is 60.7. The predicted octanol–water partition coefficient (Wildman–Crippen LogP) is 9.44. The second kappa shape index (κ2) is 47.8. The van der Waals surface area contributed by atoms with Crippen LogP contribution in [0, 0.1) is 6.92 Å². The maximum Gasteiger partial charge on any atom is 0.255 e. The Kier molecular flexibility index (Phi) is 41.4. The third-order valence-electron chi connectivity index (χ3n) is 13.2. The Morgan fingerprint density at radius 3 is 1.73 bits per heavy atom. The molecule has 0 saturated heterocycles. The average Bonchev–Trinajstić information content (AvgIpc) is 2.74.